The second kappa shape index (κ2) is 11.6. The van der Waals surface area contributed by atoms with Gasteiger partial charge >= 0.3 is 0 Å². The number of ether oxygens (including phenoxy) is 2. The Morgan fingerprint density at radius 1 is 1.00 bits per heavy atom. The summed E-state index contributed by atoms with van der Waals surface area (Å²) in [4.78, 5) is 21.0. The number of likely N-dealkylation sites (N-methyl/N-ethyl adjacent to an activating group) is 1. The van der Waals surface area contributed by atoms with Gasteiger partial charge < -0.3 is 19.3 Å². The zero-order chi connectivity index (χ0) is 25.0. The standard InChI is InChI=1S/C30H47N3O3/c1-30(14-7-4-8-15-30)29(34)31(2)25(22-24-10-5-3-6-11-24)23-32-16-18-33(19-17-32)26-12-9-13-27-28(26)36-21-20-35-27/h9,12-13,24-25H,3-8,10-11,14-23H2,1-2H3. The topological polar surface area (TPSA) is 45.3 Å². The van der Waals surface area contributed by atoms with Gasteiger partial charge in [-0.05, 0) is 37.3 Å². The number of hydrogen-bond donors (Lipinski definition) is 0. The molecular formula is C30H47N3O3. The molecule has 3 fully saturated rings. The van der Waals surface area contributed by atoms with Crippen molar-refractivity contribution in [1.82, 2.24) is 9.80 Å². The van der Waals surface area contributed by atoms with E-state index in [0.717, 1.165) is 75.1 Å². The third-order valence-corrected chi connectivity index (χ3v) is 9.40. The van der Waals surface area contributed by atoms with Gasteiger partial charge in [0.2, 0.25) is 5.91 Å². The molecule has 36 heavy (non-hydrogen) atoms. The number of hydrogen-bond acceptors (Lipinski definition) is 5. The normalized spacial score (nSPS) is 23.8. The van der Waals surface area contributed by atoms with Gasteiger partial charge in [0, 0.05) is 51.2 Å². The smallest absolute Gasteiger partial charge is 0.228 e. The second-order valence-electron chi connectivity index (χ2n) is 12.0. The van der Waals surface area contributed by atoms with Crippen LogP contribution in [-0.2, 0) is 4.79 Å². The molecule has 2 heterocycles. The molecule has 0 aromatic heterocycles. The van der Waals surface area contributed by atoms with E-state index in [1.807, 2.05) is 6.07 Å². The zero-order valence-electron chi connectivity index (χ0n) is 22.7. The average molecular weight is 498 g/mol. The highest BCUT2D eigenvalue weighted by Gasteiger charge is 2.39. The van der Waals surface area contributed by atoms with Crippen LogP contribution in [0.15, 0.2) is 18.2 Å². The van der Waals surface area contributed by atoms with Gasteiger partial charge in [-0.15, -0.1) is 0 Å². The third kappa shape index (κ3) is 5.79. The Hall–Kier alpha value is -1.95. The predicted molar refractivity (Wildman–Crippen MR) is 145 cm³/mol. The first-order chi connectivity index (χ1) is 17.5. The molecule has 1 unspecified atom stereocenters. The lowest BCUT2D eigenvalue weighted by molar-refractivity contribution is -0.144. The number of carbonyl (C=O) groups excluding carboxylic acids is 1. The monoisotopic (exact) mass is 497 g/mol. The number of fused-ring (bicyclic) bond motifs is 1. The fourth-order valence-corrected chi connectivity index (χ4v) is 7.08. The quantitative estimate of drug-likeness (QED) is 0.508. The highest BCUT2D eigenvalue weighted by atomic mass is 16.6. The van der Waals surface area contributed by atoms with Crippen LogP contribution in [0.25, 0.3) is 0 Å². The lowest BCUT2D eigenvalue weighted by atomic mass is 9.74. The Labute approximate surface area is 218 Å². The van der Waals surface area contributed by atoms with Gasteiger partial charge in [-0.1, -0.05) is 64.4 Å². The Morgan fingerprint density at radius 3 is 2.44 bits per heavy atom. The summed E-state index contributed by atoms with van der Waals surface area (Å²) in [6.07, 6.45) is 13.7. The molecule has 4 aliphatic rings. The van der Waals surface area contributed by atoms with Crippen molar-refractivity contribution in [3.63, 3.8) is 0 Å². The fourth-order valence-electron chi connectivity index (χ4n) is 7.08. The van der Waals surface area contributed by atoms with E-state index >= 15 is 0 Å². The summed E-state index contributed by atoms with van der Waals surface area (Å²) in [5, 5.41) is 0. The molecule has 200 valence electrons. The van der Waals surface area contributed by atoms with Gasteiger partial charge in [-0.3, -0.25) is 9.69 Å². The van der Waals surface area contributed by atoms with E-state index in [0.29, 0.717) is 25.2 Å². The molecule has 0 spiro atoms. The number of benzene rings is 1. The molecule has 2 aliphatic carbocycles. The van der Waals surface area contributed by atoms with Gasteiger partial charge in [0.25, 0.3) is 0 Å². The van der Waals surface area contributed by atoms with Crippen LogP contribution in [0.1, 0.15) is 77.6 Å². The van der Waals surface area contributed by atoms with Crippen molar-refractivity contribution in [3.8, 4) is 11.5 Å². The minimum atomic E-state index is -0.162. The van der Waals surface area contributed by atoms with E-state index in [4.69, 9.17) is 9.47 Å². The first-order valence-corrected chi connectivity index (χ1v) is 14.7. The van der Waals surface area contributed by atoms with E-state index in [9.17, 15) is 4.79 Å². The molecule has 0 bridgehead atoms. The lowest BCUT2D eigenvalue weighted by Gasteiger charge is -2.43. The highest BCUT2D eigenvalue weighted by Crippen LogP contribution is 2.40. The van der Waals surface area contributed by atoms with E-state index < -0.39 is 0 Å². The predicted octanol–water partition coefficient (Wildman–Crippen LogP) is 5.35. The van der Waals surface area contributed by atoms with Crippen molar-refractivity contribution in [3.05, 3.63) is 18.2 Å². The third-order valence-electron chi connectivity index (χ3n) is 9.40. The number of carbonyl (C=O) groups is 1. The Kier molecular flexibility index (Phi) is 8.29. The molecule has 1 aromatic rings. The molecule has 0 N–H and O–H groups in total. The fraction of sp³-hybridized carbons (Fsp3) is 0.767. The number of nitrogens with zero attached hydrogens (tertiary/aromatic N) is 3. The van der Waals surface area contributed by atoms with E-state index in [2.05, 4.69) is 40.8 Å². The van der Waals surface area contributed by atoms with Crippen molar-refractivity contribution < 1.29 is 14.3 Å². The SMILES string of the molecule is CN(C(=O)C1(C)CCCCC1)C(CC1CCCCC1)CN1CCN(c2cccc3c2OCCO3)CC1. The Balaban J connectivity index is 1.23. The van der Waals surface area contributed by atoms with Crippen LogP contribution >= 0.6 is 0 Å². The first-order valence-electron chi connectivity index (χ1n) is 14.7. The van der Waals surface area contributed by atoms with Gasteiger partial charge in [-0.2, -0.15) is 0 Å². The number of piperazine rings is 1. The molecule has 1 saturated heterocycles. The maximum Gasteiger partial charge on any atom is 0.228 e. The van der Waals surface area contributed by atoms with Crippen LogP contribution in [0.4, 0.5) is 5.69 Å². The number of anilines is 1. The molecule has 6 nitrogen and oxygen atoms in total. The highest BCUT2D eigenvalue weighted by molar-refractivity contribution is 5.82. The number of amides is 1. The van der Waals surface area contributed by atoms with Gasteiger partial charge in [0.05, 0.1) is 5.69 Å². The van der Waals surface area contributed by atoms with Crippen LogP contribution in [0.3, 0.4) is 0 Å². The number of para-hydroxylation sites is 1. The summed E-state index contributed by atoms with van der Waals surface area (Å²) in [6, 6.07) is 6.55. The van der Waals surface area contributed by atoms with Gasteiger partial charge in [0.1, 0.15) is 13.2 Å². The first kappa shape index (κ1) is 25.7. The lowest BCUT2D eigenvalue weighted by Crippen LogP contribution is -2.54. The molecule has 6 heteroatoms. The van der Waals surface area contributed by atoms with Crippen molar-refractivity contribution in [1.29, 1.82) is 0 Å². The van der Waals surface area contributed by atoms with E-state index in [1.165, 1.54) is 51.4 Å². The van der Waals surface area contributed by atoms with E-state index in [1.54, 1.807) is 0 Å². The number of rotatable bonds is 7. The molecular weight excluding hydrogens is 450 g/mol. The molecule has 2 aliphatic heterocycles. The van der Waals surface area contributed by atoms with Crippen LogP contribution in [0, 0.1) is 11.3 Å². The van der Waals surface area contributed by atoms with Gasteiger partial charge in [-0.25, -0.2) is 0 Å². The summed E-state index contributed by atoms with van der Waals surface area (Å²) in [7, 11) is 2.11. The summed E-state index contributed by atoms with van der Waals surface area (Å²) in [5.74, 6) is 2.94. The molecule has 2 saturated carbocycles. The van der Waals surface area contributed by atoms with Crippen LogP contribution in [-0.4, -0.2) is 74.7 Å². The van der Waals surface area contributed by atoms with Gasteiger partial charge in [0.15, 0.2) is 11.5 Å². The second-order valence-corrected chi connectivity index (χ2v) is 12.0. The largest absolute Gasteiger partial charge is 0.486 e. The van der Waals surface area contributed by atoms with Crippen molar-refractivity contribution >= 4 is 11.6 Å². The summed E-state index contributed by atoms with van der Waals surface area (Å²) in [6.45, 7) is 8.46. The minimum absolute atomic E-state index is 0.162. The van der Waals surface area contributed by atoms with Crippen LogP contribution in [0.2, 0.25) is 0 Å². The molecule has 1 amide bonds. The van der Waals surface area contributed by atoms with Crippen molar-refractivity contribution in [2.75, 3.05) is 57.9 Å². The minimum Gasteiger partial charge on any atom is -0.486 e. The van der Waals surface area contributed by atoms with Crippen molar-refractivity contribution in [2.45, 2.75) is 83.6 Å². The van der Waals surface area contributed by atoms with Crippen LogP contribution in [0.5, 0.6) is 11.5 Å². The summed E-state index contributed by atoms with van der Waals surface area (Å²) in [5.41, 5.74) is 0.994. The Bertz CT molecular complexity index is 870. The van der Waals surface area contributed by atoms with E-state index in [-0.39, 0.29) is 5.41 Å². The zero-order valence-corrected chi connectivity index (χ0v) is 22.7. The van der Waals surface area contributed by atoms with Crippen molar-refractivity contribution in [2.24, 2.45) is 11.3 Å². The molecule has 5 rings (SSSR count). The van der Waals surface area contributed by atoms with Crippen LogP contribution < -0.4 is 14.4 Å². The average Bonchev–Trinajstić information content (AvgIpc) is 2.93. The maximum absolute atomic E-state index is 13.8. The molecule has 1 aromatic carbocycles. The maximum atomic E-state index is 13.8. The summed E-state index contributed by atoms with van der Waals surface area (Å²) < 4.78 is 11.8. The Morgan fingerprint density at radius 2 is 1.69 bits per heavy atom. The molecule has 0 radical (unpaired) electrons. The summed E-state index contributed by atoms with van der Waals surface area (Å²) >= 11 is 0. The molecule has 1 atom stereocenters.